The predicted octanol–water partition coefficient (Wildman–Crippen LogP) is 5.63. The second-order valence-corrected chi connectivity index (χ2v) is 7.52. The summed E-state index contributed by atoms with van der Waals surface area (Å²) in [5.74, 6) is 0.293. The van der Waals surface area contributed by atoms with Gasteiger partial charge in [0.15, 0.2) is 5.75 Å². The molecule has 2 heterocycles. The zero-order valence-electron chi connectivity index (χ0n) is 17.4. The molecule has 162 valence electrons. The maximum Gasteiger partial charge on any atom is 0.310 e. The highest BCUT2D eigenvalue weighted by Gasteiger charge is 2.25. The molecule has 7 nitrogen and oxygen atoms in total. The minimum absolute atomic E-state index is 0.0227. The number of ketones is 1. The number of carbonyl (C=O) groups excluding carboxylic acids is 1. The van der Waals surface area contributed by atoms with Crippen molar-refractivity contribution in [3.63, 3.8) is 0 Å². The van der Waals surface area contributed by atoms with Gasteiger partial charge in [-0.05, 0) is 37.3 Å². The van der Waals surface area contributed by atoms with Gasteiger partial charge in [-0.25, -0.2) is 0 Å². The molecule has 0 saturated heterocycles. The Kier molecular flexibility index (Phi) is 5.83. The van der Waals surface area contributed by atoms with Crippen LogP contribution in [0.25, 0.3) is 5.52 Å². The minimum Gasteiger partial charge on any atom is -0.490 e. The fraction of sp³-hybridized carbons (Fsp3) is 0.125. The van der Waals surface area contributed by atoms with Crippen LogP contribution in [0.2, 0.25) is 5.02 Å². The van der Waals surface area contributed by atoms with Gasteiger partial charge in [0.1, 0.15) is 18.1 Å². The molecule has 0 aliphatic rings. The van der Waals surface area contributed by atoms with Gasteiger partial charge in [-0.2, -0.15) is 0 Å². The highest BCUT2D eigenvalue weighted by molar-refractivity contribution is 6.31. The number of hydrogen-bond acceptors (Lipinski definition) is 5. The summed E-state index contributed by atoms with van der Waals surface area (Å²) < 4.78 is 13.0. The average Bonchev–Trinajstić information content (AvgIpc) is 3.08. The van der Waals surface area contributed by atoms with Crippen molar-refractivity contribution in [2.75, 3.05) is 7.11 Å². The summed E-state index contributed by atoms with van der Waals surface area (Å²) in [4.78, 5) is 24.1. The van der Waals surface area contributed by atoms with Crippen LogP contribution in [0, 0.1) is 17.0 Å². The van der Waals surface area contributed by atoms with Gasteiger partial charge in [-0.1, -0.05) is 35.9 Å². The lowest BCUT2D eigenvalue weighted by Gasteiger charge is -2.08. The number of carbonyl (C=O) groups is 1. The molecule has 0 unspecified atom stereocenters. The molecule has 0 aliphatic heterocycles. The number of nitro groups is 1. The van der Waals surface area contributed by atoms with E-state index in [1.807, 2.05) is 43.3 Å². The fourth-order valence-corrected chi connectivity index (χ4v) is 3.83. The first kappa shape index (κ1) is 21.4. The molecule has 8 heteroatoms. The molecule has 2 aromatic carbocycles. The van der Waals surface area contributed by atoms with Gasteiger partial charge < -0.3 is 13.9 Å². The van der Waals surface area contributed by atoms with Crippen LogP contribution in [-0.4, -0.2) is 22.2 Å². The Morgan fingerprint density at radius 3 is 2.59 bits per heavy atom. The second kappa shape index (κ2) is 8.72. The predicted molar refractivity (Wildman–Crippen MR) is 121 cm³/mol. The summed E-state index contributed by atoms with van der Waals surface area (Å²) in [7, 11) is 1.33. The van der Waals surface area contributed by atoms with E-state index in [2.05, 4.69) is 0 Å². The molecular weight excluding hydrogens is 432 g/mol. The summed E-state index contributed by atoms with van der Waals surface area (Å²) in [6.07, 6.45) is 1.78. The first-order valence-corrected chi connectivity index (χ1v) is 10.1. The molecule has 0 radical (unpaired) electrons. The van der Waals surface area contributed by atoms with Crippen LogP contribution >= 0.6 is 11.6 Å². The quantitative estimate of drug-likeness (QED) is 0.207. The Morgan fingerprint density at radius 1 is 1.12 bits per heavy atom. The second-order valence-electron chi connectivity index (χ2n) is 7.11. The number of benzene rings is 2. The Morgan fingerprint density at radius 2 is 1.88 bits per heavy atom. The van der Waals surface area contributed by atoms with Gasteiger partial charge in [0.05, 0.1) is 17.5 Å². The van der Waals surface area contributed by atoms with Gasteiger partial charge in [-0.15, -0.1) is 0 Å². The topological polar surface area (TPSA) is 83.1 Å². The molecule has 0 amide bonds. The maximum absolute atomic E-state index is 13.4. The van der Waals surface area contributed by atoms with Crippen LogP contribution in [0.1, 0.15) is 27.2 Å². The highest BCUT2D eigenvalue weighted by atomic mass is 35.5. The number of nitro benzene ring substituents is 1. The number of rotatable bonds is 7. The van der Waals surface area contributed by atoms with E-state index in [0.29, 0.717) is 22.0 Å². The molecule has 0 aliphatic carbocycles. The van der Waals surface area contributed by atoms with Gasteiger partial charge in [0, 0.05) is 34.0 Å². The van der Waals surface area contributed by atoms with Gasteiger partial charge >= 0.3 is 5.69 Å². The van der Waals surface area contributed by atoms with Crippen LogP contribution in [0.5, 0.6) is 11.5 Å². The normalized spacial score (nSPS) is 10.8. The lowest BCUT2D eigenvalue weighted by atomic mass is 10.0. The summed E-state index contributed by atoms with van der Waals surface area (Å²) in [6, 6.07) is 17.0. The first-order chi connectivity index (χ1) is 15.4. The monoisotopic (exact) mass is 450 g/mol. The first-order valence-electron chi connectivity index (χ1n) is 9.75. The number of halogens is 1. The lowest BCUT2D eigenvalue weighted by Crippen LogP contribution is -2.07. The number of methoxy groups -OCH3 is 1. The molecule has 4 aromatic rings. The smallest absolute Gasteiger partial charge is 0.310 e. The number of ether oxygens (including phenoxy) is 2. The molecule has 0 fully saturated rings. The van der Waals surface area contributed by atoms with Crippen LogP contribution < -0.4 is 9.47 Å². The summed E-state index contributed by atoms with van der Waals surface area (Å²) in [6.45, 7) is 2.05. The van der Waals surface area contributed by atoms with Gasteiger partial charge in [-0.3, -0.25) is 14.9 Å². The van der Waals surface area contributed by atoms with Crippen LogP contribution in [0.4, 0.5) is 5.69 Å². The maximum atomic E-state index is 13.4. The Balaban J connectivity index is 1.77. The molecule has 0 spiro atoms. The number of aromatic nitrogens is 1. The van der Waals surface area contributed by atoms with Crippen molar-refractivity contribution < 1.29 is 19.2 Å². The van der Waals surface area contributed by atoms with Crippen molar-refractivity contribution in [2.45, 2.75) is 13.5 Å². The van der Waals surface area contributed by atoms with Crippen LogP contribution in [0.15, 0.2) is 66.9 Å². The average molecular weight is 451 g/mol. The van der Waals surface area contributed by atoms with E-state index < -0.39 is 4.92 Å². The standard InChI is InChI=1S/C24H19ClN2O5/c1-15-22(23(28)16-10-11-19(27(29)30)21(13-16)31-2)26-12-6-5-9-20(26)24(15)32-14-17-7-3-4-8-18(17)25/h3-13H,14H2,1-2H3. The summed E-state index contributed by atoms with van der Waals surface area (Å²) >= 11 is 6.25. The van der Waals surface area contributed by atoms with E-state index in [-0.39, 0.29) is 29.4 Å². The van der Waals surface area contributed by atoms with E-state index in [1.165, 1.54) is 25.3 Å². The van der Waals surface area contributed by atoms with E-state index in [1.54, 1.807) is 16.7 Å². The molecule has 2 aromatic heterocycles. The van der Waals surface area contributed by atoms with E-state index in [9.17, 15) is 14.9 Å². The van der Waals surface area contributed by atoms with Crippen molar-refractivity contribution >= 4 is 28.6 Å². The third kappa shape index (κ3) is 3.78. The number of nitrogens with zero attached hydrogens (tertiary/aromatic N) is 2. The number of hydrogen-bond donors (Lipinski definition) is 0. The minimum atomic E-state index is -0.550. The molecule has 0 saturated carbocycles. The Hall–Kier alpha value is -3.84. The van der Waals surface area contributed by atoms with Crippen molar-refractivity contribution in [3.8, 4) is 11.5 Å². The summed E-state index contributed by atoms with van der Waals surface area (Å²) in [5.41, 5.74) is 2.70. The molecule has 0 N–H and O–H groups in total. The Labute approximate surface area is 188 Å². The van der Waals surface area contributed by atoms with E-state index in [0.717, 1.165) is 11.1 Å². The lowest BCUT2D eigenvalue weighted by molar-refractivity contribution is -0.385. The molecule has 0 atom stereocenters. The summed E-state index contributed by atoms with van der Waals surface area (Å²) in [5, 5.41) is 11.8. The van der Waals surface area contributed by atoms with Gasteiger partial charge in [0.2, 0.25) is 5.78 Å². The Bertz CT molecular complexity index is 1350. The zero-order valence-corrected chi connectivity index (χ0v) is 18.1. The molecule has 4 rings (SSSR count). The third-order valence-electron chi connectivity index (χ3n) is 5.21. The van der Waals surface area contributed by atoms with Crippen molar-refractivity contribution in [2.24, 2.45) is 0 Å². The third-order valence-corrected chi connectivity index (χ3v) is 5.58. The molecular formula is C24H19ClN2O5. The van der Waals surface area contributed by atoms with Crippen molar-refractivity contribution in [1.82, 2.24) is 4.40 Å². The number of fused-ring (bicyclic) bond motifs is 1. The fourth-order valence-electron chi connectivity index (χ4n) is 3.64. The van der Waals surface area contributed by atoms with Crippen molar-refractivity contribution in [1.29, 1.82) is 0 Å². The molecule has 0 bridgehead atoms. The molecule has 32 heavy (non-hydrogen) atoms. The number of pyridine rings is 1. The van der Waals surface area contributed by atoms with Gasteiger partial charge in [0.25, 0.3) is 0 Å². The van der Waals surface area contributed by atoms with Crippen LogP contribution in [-0.2, 0) is 6.61 Å². The largest absolute Gasteiger partial charge is 0.490 e. The highest BCUT2D eigenvalue weighted by Crippen LogP contribution is 2.34. The van der Waals surface area contributed by atoms with Crippen molar-refractivity contribution in [3.05, 3.63) is 104 Å². The van der Waals surface area contributed by atoms with E-state index >= 15 is 0 Å². The SMILES string of the molecule is COc1cc(C(=O)c2c(C)c(OCc3ccccc3Cl)c3ccccn23)ccc1[N+](=O)[O-]. The van der Waals surface area contributed by atoms with Crippen LogP contribution in [0.3, 0.4) is 0 Å². The zero-order chi connectivity index (χ0) is 22.8. The van der Waals surface area contributed by atoms with E-state index in [4.69, 9.17) is 21.1 Å².